The van der Waals surface area contributed by atoms with Crippen LogP contribution in [0.3, 0.4) is 0 Å². The number of carboxylic acids is 1. The number of aliphatic carboxylic acids is 1. The number of halogens is 4. The summed E-state index contributed by atoms with van der Waals surface area (Å²) in [6.07, 6.45) is 8.20. The smallest absolute Gasteiger partial charge is 0.407 e. The Bertz CT molecular complexity index is 5610. The summed E-state index contributed by atoms with van der Waals surface area (Å²) in [7, 11) is 5.06. The first-order chi connectivity index (χ1) is 60.4. The summed E-state index contributed by atoms with van der Waals surface area (Å²) in [5.41, 5.74) is 13.1. The van der Waals surface area contributed by atoms with E-state index in [2.05, 4.69) is 204 Å². The molecule has 6 aliphatic heterocycles. The van der Waals surface area contributed by atoms with Crippen molar-refractivity contribution in [2.45, 2.75) is 165 Å². The van der Waals surface area contributed by atoms with Crippen LogP contribution in [-0.4, -0.2) is 190 Å². The fourth-order valence-electron chi connectivity index (χ4n) is 17.5. The molecule has 2 aromatic heterocycles. The van der Waals surface area contributed by atoms with Crippen LogP contribution in [0.4, 0.5) is 19.2 Å². The summed E-state index contributed by atoms with van der Waals surface area (Å²) in [5.74, 6) is 1.68. The Kier molecular flexibility index (Phi) is 34.6. The number of ether oxygens (including phenoxy) is 4. The molecule has 12 atom stereocenters. The molecule has 7 amide bonds. The van der Waals surface area contributed by atoms with Crippen molar-refractivity contribution in [1.82, 2.24) is 71.9 Å². The maximum absolute atomic E-state index is 13.9. The SMILES string of the molecule is COC(=O)N[C@@H](C)C(=O)N1[C@@H](c2ccccc2)CC[C@H]1c1ncc(-c2ccc(-c3ccc4cc(C5CN=C([C@@H]6CCCN6C(=O)[C@@H](NC(=O)OC)C(C)C)N5)ccc4c3)cc2)[nH]1.COC(=O)N[C@@H](C)C(=O)O.COC(=O)N[C@H](C(=O)N1CCC[C@H]1C1=NCC(c2ccc3cc(-c4ccc(-c5cnc([C@@H]6CC[C@H](c7ccccc7)N6)[nH]5)cc4)ccc3c2)N1)C(C)C.Cl.Cl.Cl.Cl. The van der Waals surface area contributed by atoms with Crippen molar-refractivity contribution in [3.8, 4) is 44.8 Å². The van der Waals surface area contributed by atoms with Crippen LogP contribution in [-0.2, 0) is 38.1 Å². The highest BCUT2D eigenvalue weighted by Crippen LogP contribution is 2.45. The Balaban J connectivity index is 0.000000238. The number of amidine groups is 2. The summed E-state index contributed by atoms with van der Waals surface area (Å²) < 4.78 is 18.5. The Hall–Kier alpha value is -12.3. The van der Waals surface area contributed by atoms with Gasteiger partial charge < -0.3 is 85.9 Å². The molecule has 10 N–H and O–H groups in total. The summed E-state index contributed by atoms with van der Waals surface area (Å²) in [4.78, 5) is 129. The van der Waals surface area contributed by atoms with Crippen molar-refractivity contribution in [2.75, 3.05) is 54.6 Å². The zero-order valence-electron chi connectivity index (χ0n) is 73.7. The lowest BCUT2D eigenvalue weighted by Crippen LogP contribution is -2.54. The predicted octanol–water partition coefficient (Wildman–Crippen LogP) is 16.4. The minimum absolute atomic E-state index is 0. The Morgan fingerprint density at radius 3 is 1.22 bits per heavy atom. The van der Waals surface area contributed by atoms with Crippen molar-refractivity contribution in [2.24, 2.45) is 21.8 Å². The quantitative estimate of drug-likeness (QED) is 0.0282. The van der Waals surface area contributed by atoms with Crippen LogP contribution in [0.25, 0.3) is 66.3 Å². The molecule has 16 rings (SSSR count). The molecule has 2 unspecified atom stereocenters. The number of alkyl carbamates (subject to hydrolysis) is 4. The number of likely N-dealkylation sites (tertiary alicyclic amines) is 3. The predicted molar refractivity (Wildman–Crippen MR) is 507 cm³/mol. The van der Waals surface area contributed by atoms with Gasteiger partial charge in [0.15, 0.2) is 0 Å². The number of carboxylic acid groups (broad SMARTS) is 1. The van der Waals surface area contributed by atoms with Gasteiger partial charge in [0.1, 0.15) is 47.5 Å². The second-order valence-corrected chi connectivity index (χ2v) is 33.2. The standard InChI is InChI=1S/C48H54N8O6.C43H47N7O3.C5H9NO4.4ClH/c1-28(2)42(54-48(60)62-5)46(58)55-23-9-12-40(55)43-49-27-38(53-43)36-20-19-34-24-33(17-18-35(34)25-36)30-13-15-31(16-14-30)37-26-50-44(52-37)41-22-21-39(32-10-7-6-8-11-32)56(41)45(57)29(3)51-47(59)61-4;1-26(2)39(49-43(52)53-3)42(51)50-21-7-10-38(50)41-45-25-37(48-41)33-18-17-31-22-30(15-16-32(31)23-33)27-11-13-29(14-12-27)36-24-44-40(47-36)35-20-19-34(46-35)28-8-5-4-6-9-28;1-3(4(7)8)6-5(9)10-2;;;;/h6-8,10-11,13-20,24-26,28-29,38-42H,9,12,21-23,27H2,1-5H3,(H,49,53)(H,50,52)(H,51,59)(H,54,60);4-6,8-9,11-18,22-24,26,34-35,37-39,46H,7,10,19-21,25H2,1-3H3,(H,44,47)(H,45,48)(H,49,52);3H,1-2H3,(H,6,9)(H,7,8);4*1H/t29-,38?,39+,40-,41-,42-;34-,35+,37?,38+,39+;3-;;;;/m010..../s1. The van der Waals surface area contributed by atoms with Crippen molar-refractivity contribution in [1.29, 1.82) is 0 Å². The lowest BCUT2D eigenvalue weighted by Gasteiger charge is -2.32. The zero-order valence-corrected chi connectivity index (χ0v) is 76.9. The number of carbonyl (C=O) groups excluding carboxylic acids is 7. The van der Waals surface area contributed by atoms with E-state index in [1.165, 1.54) is 62.8 Å². The number of hydrogen-bond donors (Lipinski definition) is 10. The fraction of sp³-hybridized carbons (Fsp3) is 0.375. The molecule has 33 heteroatoms. The number of aliphatic imine (C=N–C) groups is 2. The molecule has 0 spiro atoms. The van der Waals surface area contributed by atoms with Gasteiger partial charge in [-0.2, -0.15) is 0 Å². The van der Waals surface area contributed by atoms with E-state index < -0.39 is 54.5 Å². The minimum atomic E-state index is -1.09. The first-order valence-corrected chi connectivity index (χ1v) is 42.8. The number of methoxy groups -OCH3 is 4. The second-order valence-electron chi connectivity index (χ2n) is 33.2. The molecule has 0 bridgehead atoms. The van der Waals surface area contributed by atoms with Crippen LogP contribution >= 0.6 is 49.6 Å². The van der Waals surface area contributed by atoms with E-state index in [9.17, 15) is 38.4 Å². The maximum Gasteiger partial charge on any atom is 0.407 e. The second kappa shape index (κ2) is 45.1. The van der Waals surface area contributed by atoms with Crippen molar-refractivity contribution < 1.29 is 62.4 Å². The van der Waals surface area contributed by atoms with Gasteiger partial charge in [0.2, 0.25) is 17.7 Å². The normalized spacial score (nSPS) is 19.8. The topological polar surface area (TPSA) is 370 Å². The fourth-order valence-corrected chi connectivity index (χ4v) is 17.5. The van der Waals surface area contributed by atoms with E-state index in [4.69, 9.17) is 39.3 Å². The molecule has 10 aromatic rings. The Morgan fingerprint density at radius 2 is 0.775 bits per heavy atom. The number of aromatic nitrogens is 4. The largest absolute Gasteiger partial charge is 0.480 e. The van der Waals surface area contributed by atoms with Crippen LogP contribution in [0.15, 0.2) is 204 Å². The number of nitrogens with one attached hydrogen (secondary N) is 9. The molecular formula is C96H114Cl4N16O13. The molecule has 129 heavy (non-hydrogen) atoms. The average molecular weight is 1840 g/mol. The summed E-state index contributed by atoms with van der Waals surface area (Å²) in [5, 5.41) is 34.0. The number of aromatic amines is 2. The van der Waals surface area contributed by atoms with E-state index in [0.29, 0.717) is 38.0 Å². The van der Waals surface area contributed by atoms with Gasteiger partial charge in [-0.1, -0.05) is 185 Å². The third kappa shape index (κ3) is 23.2. The van der Waals surface area contributed by atoms with Crippen molar-refractivity contribution in [3.05, 3.63) is 228 Å². The van der Waals surface area contributed by atoms with Gasteiger partial charge >= 0.3 is 30.3 Å². The molecule has 6 aliphatic rings. The van der Waals surface area contributed by atoms with Gasteiger partial charge in [0, 0.05) is 19.1 Å². The Labute approximate surface area is 775 Å². The molecule has 4 fully saturated rings. The van der Waals surface area contributed by atoms with Gasteiger partial charge in [0.25, 0.3) is 0 Å². The van der Waals surface area contributed by atoms with Gasteiger partial charge in [-0.3, -0.25) is 29.2 Å². The monoisotopic (exact) mass is 1840 g/mol. The number of fused-ring (bicyclic) bond motifs is 2. The number of imidazole rings is 2. The number of hydrogen-bond acceptors (Lipinski definition) is 19. The first-order valence-electron chi connectivity index (χ1n) is 42.8. The summed E-state index contributed by atoms with van der Waals surface area (Å²) in [6.45, 7) is 13.1. The molecule has 29 nitrogen and oxygen atoms in total. The Morgan fingerprint density at radius 1 is 0.388 bits per heavy atom. The van der Waals surface area contributed by atoms with Crippen LogP contribution < -0.4 is 37.2 Å². The van der Waals surface area contributed by atoms with Gasteiger partial charge in [-0.15, -0.1) is 49.6 Å². The maximum atomic E-state index is 13.9. The van der Waals surface area contributed by atoms with Crippen molar-refractivity contribution in [3.63, 3.8) is 0 Å². The van der Waals surface area contributed by atoms with Crippen LogP contribution in [0.5, 0.6) is 0 Å². The molecule has 4 saturated heterocycles. The summed E-state index contributed by atoms with van der Waals surface area (Å²) >= 11 is 0. The van der Waals surface area contributed by atoms with Crippen LogP contribution in [0.2, 0.25) is 0 Å². The molecule has 0 aliphatic carbocycles. The number of benzene rings is 8. The third-order valence-electron chi connectivity index (χ3n) is 24.4. The highest BCUT2D eigenvalue weighted by atomic mass is 35.5. The van der Waals surface area contributed by atoms with Crippen LogP contribution in [0.1, 0.15) is 163 Å². The van der Waals surface area contributed by atoms with E-state index >= 15 is 0 Å². The van der Waals surface area contributed by atoms with E-state index in [1.807, 2.05) is 85.1 Å². The minimum Gasteiger partial charge on any atom is -0.480 e. The number of H-pyrrole nitrogens is 2. The lowest BCUT2D eigenvalue weighted by atomic mass is 9.97. The zero-order chi connectivity index (χ0) is 88.1. The van der Waals surface area contributed by atoms with Crippen molar-refractivity contribution >= 4 is 131 Å². The molecule has 0 saturated carbocycles. The highest BCUT2D eigenvalue weighted by Gasteiger charge is 2.44. The van der Waals surface area contributed by atoms with E-state index in [1.54, 1.807) is 6.92 Å². The molecule has 8 heterocycles. The van der Waals surface area contributed by atoms with Gasteiger partial charge in [0.05, 0.1) is 108 Å². The molecule has 684 valence electrons. The number of carbonyl (C=O) groups is 8. The molecular weight excluding hydrogens is 1730 g/mol. The lowest BCUT2D eigenvalue weighted by molar-refractivity contribution is -0.139. The highest BCUT2D eigenvalue weighted by molar-refractivity contribution is 5.98. The third-order valence-corrected chi connectivity index (χ3v) is 24.4. The average Bonchev–Trinajstić information content (AvgIpc) is 1.65. The number of amides is 7. The van der Waals surface area contributed by atoms with E-state index in [-0.39, 0.29) is 121 Å². The van der Waals surface area contributed by atoms with E-state index in [0.717, 1.165) is 130 Å². The summed E-state index contributed by atoms with van der Waals surface area (Å²) in [6, 6.07) is 60.7. The van der Waals surface area contributed by atoms with Gasteiger partial charge in [-0.05, 0) is 178 Å². The molecule has 8 aromatic carbocycles. The molecule has 0 radical (unpaired) electrons. The number of rotatable bonds is 22. The first kappa shape index (κ1) is 98.9. The number of nitrogens with zero attached hydrogens (tertiary/aromatic N) is 7. The van der Waals surface area contributed by atoms with Gasteiger partial charge in [-0.25, -0.2) is 29.1 Å². The van der Waals surface area contributed by atoms with Crippen LogP contribution in [0, 0.1) is 11.8 Å².